The van der Waals surface area contributed by atoms with Crippen LogP contribution in [0.2, 0.25) is 0 Å². The lowest BCUT2D eigenvalue weighted by atomic mass is 9.77. The van der Waals surface area contributed by atoms with E-state index in [1.54, 1.807) is 7.11 Å². The maximum absolute atomic E-state index is 12.1. The first-order valence-corrected chi connectivity index (χ1v) is 6.76. The molecule has 1 aromatic rings. The third-order valence-corrected chi connectivity index (χ3v) is 3.90. The summed E-state index contributed by atoms with van der Waals surface area (Å²) in [7, 11) is 3.05. The molecule has 1 aliphatic rings. The minimum absolute atomic E-state index is 0.109. The van der Waals surface area contributed by atoms with Gasteiger partial charge in [0.2, 0.25) is 5.91 Å². The first-order chi connectivity index (χ1) is 9.99. The quantitative estimate of drug-likeness (QED) is 0.840. The van der Waals surface area contributed by atoms with Crippen LogP contribution in [0.3, 0.4) is 0 Å². The van der Waals surface area contributed by atoms with E-state index in [9.17, 15) is 9.59 Å². The smallest absolute Gasteiger partial charge is 0.335 e. The van der Waals surface area contributed by atoms with Crippen molar-refractivity contribution < 1.29 is 24.2 Å². The number of anilines is 1. The van der Waals surface area contributed by atoms with Gasteiger partial charge < -0.3 is 19.9 Å². The predicted molar refractivity (Wildman–Crippen MR) is 76.8 cm³/mol. The molecule has 114 valence electrons. The van der Waals surface area contributed by atoms with Gasteiger partial charge in [0.05, 0.1) is 30.4 Å². The molecule has 0 unspecified atom stereocenters. The van der Waals surface area contributed by atoms with E-state index < -0.39 is 5.97 Å². The van der Waals surface area contributed by atoms with Crippen LogP contribution in [-0.2, 0) is 9.53 Å². The average molecular weight is 293 g/mol. The normalized spacial score (nSPS) is 15.9. The van der Waals surface area contributed by atoms with E-state index in [0.29, 0.717) is 11.4 Å². The zero-order valence-electron chi connectivity index (χ0n) is 12.1. The molecule has 0 atom stereocenters. The maximum atomic E-state index is 12.1. The Morgan fingerprint density at radius 3 is 2.52 bits per heavy atom. The molecular weight excluding hydrogens is 274 g/mol. The first kappa shape index (κ1) is 15.3. The Bertz CT molecular complexity index is 545. The summed E-state index contributed by atoms with van der Waals surface area (Å²) in [5, 5.41) is 11.7. The van der Waals surface area contributed by atoms with Crippen LogP contribution in [0.1, 0.15) is 36.0 Å². The van der Waals surface area contributed by atoms with Crippen molar-refractivity contribution in [2.45, 2.75) is 31.3 Å². The third-order valence-electron chi connectivity index (χ3n) is 3.90. The van der Waals surface area contributed by atoms with Gasteiger partial charge in [-0.25, -0.2) is 4.79 Å². The molecule has 1 saturated carbocycles. The summed E-state index contributed by atoms with van der Waals surface area (Å²) in [4.78, 5) is 23.0. The van der Waals surface area contributed by atoms with Crippen LogP contribution < -0.4 is 10.1 Å². The van der Waals surface area contributed by atoms with Gasteiger partial charge in [-0.1, -0.05) is 0 Å². The predicted octanol–water partition coefficient (Wildman–Crippen LogP) is 2.29. The number of nitrogens with one attached hydrogen (secondary N) is 1. The Morgan fingerprint density at radius 2 is 2.05 bits per heavy atom. The highest BCUT2D eigenvalue weighted by atomic mass is 16.5. The molecule has 0 heterocycles. The number of ether oxygens (including phenoxy) is 2. The summed E-state index contributed by atoms with van der Waals surface area (Å²) in [5.74, 6) is -0.889. The minimum atomic E-state index is -1.04. The second-order valence-electron chi connectivity index (χ2n) is 5.19. The number of carbonyl (C=O) groups excluding carboxylic acids is 1. The molecule has 0 saturated heterocycles. The highest BCUT2D eigenvalue weighted by molar-refractivity contribution is 5.95. The zero-order chi connectivity index (χ0) is 15.5. The molecule has 0 aromatic heterocycles. The van der Waals surface area contributed by atoms with Gasteiger partial charge in [-0.2, -0.15) is 0 Å². The Labute approximate surface area is 123 Å². The Balaban J connectivity index is 2.08. The van der Waals surface area contributed by atoms with Crippen molar-refractivity contribution in [1.29, 1.82) is 0 Å². The molecule has 6 heteroatoms. The lowest BCUT2D eigenvalue weighted by molar-refractivity contribution is -0.129. The number of hydrogen-bond donors (Lipinski definition) is 2. The van der Waals surface area contributed by atoms with Crippen molar-refractivity contribution in [3.05, 3.63) is 23.8 Å². The van der Waals surface area contributed by atoms with Crippen molar-refractivity contribution in [1.82, 2.24) is 0 Å². The number of rotatable bonds is 6. The van der Waals surface area contributed by atoms with Crippen molar-refractivity contribution in [3.8, 4) is 5.75 Å². The minimum Gasteiger partial charge on any atom is -0.495 e. The van der Waals surface area contributed by atoms with Gasteiger partial charge in [-0.3, -0.25) is 4.79 Å². The second kappa shape index (κ2) is 6.13. The van der Waals surface area contributed by atoms with Gasteiger partial charge in [-0.15, -0.1) is 0 Å². The topological polar surface area (TPSA) is 84.9 Å². The molecule has 1 fully saturated rings. The summed E-state index contributed by atoms with van der Waals surface area (Å²) in [6.45, 7) is 0. The Morgan fingerprint density at radius 1 is 1.33 bits per heavy atom. The maximum Gasteiger partial charge on any atom is 0.335 e. The highest BCUT2D eigenvalue weighted by Crippen LogP contribution is 2.38. The van der Waals surface area contributed by atoms with Crippen molar-refractivity contribution >= 4 is 17.6 Å². The van der Waals surface area contributed by atoms with E-state index in [2.05, 4.69) is 5.32 Å². The van der Waals surface area contributed by atoms with Gasteiger partial charge in [0.15, 0.2) is 0 Å². The van der Waals surface area contributed by atoms with Gasteiger partial charge >= 0.3 is 5.97 Å². The standard InChI is InChI=1S/C15H19NO5/c1-20-12-8-10(14(18)19)4-5-11(12)16-13(17)9-15(21-2)6-3-7-15/h4-5,8H,3,6-7,9H2,1-2H3,(H,16,17)(H,18,19). The molecule has 21 heavy (non-hydrogen) atoms. The zero-order valence-corrected chi connectivity index (χ0v) is 12.1. The average Bonchev–Trinajstić information content (AvgIpc) is 2.43. The molecule has 2 rings (SSSR count). The van der Waals surface area contributed by atoms with E-state index in [4.69, 9.17) is 14.6 Å². The molecule has 1 aromatic carbocycles. The van der Waals surface area contributed by atoms with Crippen LogP contribution in [0.25, 0.3) is 0 Å². The second-order valence-corrected chi connectivity index (χ2v) is 5.19. The monoisotopic (exact) mass is 293 g/mol. The molecule has 0 spiro atoms. The van der Waals surface area contributed by atoms with E-state index in [0.717, 1.165) is 19.3 Å². The number of carboxylic acids is 1. The van der Waals surface area contributed by atoms with Crippen LogP contribution in [-0.4, -0.2) is 36.8 Å². The van der Waals surface area contributed by atoms with Crippen LogP contribution in [0.15, 0.2) is 18.2 Å². The van der Waals surface area contributed by atoms with Gasteiger partial charge in [0, 0.05) is 7.11 Å². The lowest BCUT2D eigenvalue weighted by Crippen LogP contribution is -2.42. The van der Waals surface area contributed by atoms with E-state index in [-0.39, 0.29) is 23.5 Å². The lowest BCUT2D eigenvalue weighted by Gasteiger charge is -2.39. The molecule has 2 N–H and O–H groups in total. The number of benzene rings is 1. The number of carbonyl (C=O) groups is 2. The van der Waals surface area contributed by atoms with Crippen LogP contribution in [0, 0.1) is 0 Å². The summed E-state index contributed by atoms with van der Waals surface area (Å²) in [6, 6.07) is 4.34. The van der Waals surface area contributed by atoms with Gasteiger partial charge in [-0.05, 0) is 37.5 Å². The SMILES string of the molecule is COc1cc(C(=O)O)ccc1NC(=O)CC1(OC)CCC1. The third kappa shape index (κ3) is 3.33. The molecular formula is C15H19NO5. The molecule has 1 aliphatic carbocycles. The molecule has 0 bridgehead atoms. The van der Waals surface area contributed by atoms with E-state index in [1.807, 2.05) is 0 Å². The van der Waals surface area contributed by atoms with Crippen LogP contribution >= 0.6 is 0 Å². The first-order valence-electron chi connectivity index (χ1n) is 6.76. The number of carboxylic acid groups (broad SMARTS) is 1. The number of hydrogen-bond acceptors (Lipinski definition) is 4. The molecule has 1 amide bonds. The molecule has 6 nitrogen and oxygen atoms in total. The Hall–Kier alpha value is -2.08. The number of amides is 1. The molecule has 0 aliphatic heterocycles. The fourth-order valence-electron chi connectivity index (χ4n) is 2.44. The summed E-state index contributed by atoms with van der Waals surface area (Å²) in [6.07, 6.45) is 3.11. The van der Waals surface area contributed by atoms with E-state index in [1.165, 1.54) is 25.3 Å². The highest BCUT2D eigenvalue weighted by Gasteiger charge is 2.39. The van der Waals surface area contributed by atoms with Crippen molar-refractivity contribution in [3.63, 3.8) is 0 Å². The van der Waals surface area contributed by atoms with Crippen molar-refractivity contribution in [2.75, 3.05) is 19.5 Å². The number of methoxy groups -OCH3 is 2. The molecule has 0 radical (unpaired) electrons. The summed E-state index contributed by atoms with van der Waals surface area (Å²) >= 11 is 0. The Kier molecular flexibility index (Phi) is 4.47. The summed E-state index contributed by atoms with van der Waals surface area (Å²) in [5.41, 5.74) is 0.216. The van der Waals surface area contributed by atoms with Gasteiger partial charge in [0.1, 0.15) is 5.75 Å². The van der Waals surface area contributed by atoms with Crippen LogP contribution in [0.4, 0.5) is 5.69 Å². The fourth-order valence-corrected chi connectivity index (χ4v) is 2.44. The summed E-state index contributed by atoms with van der Waals surface area (Å²) < 4.78 is 10.5. The van der Waals surface area contributed by atoms with Crippen molar-refractivity contribution in [2.24, 2.45) is 0 Å². The number of aromatic carboxylic acids is 1. The van der Waals surface area contributed by atoms with Crippen LogP contribution in [0.5, 0.6) is 5.75 Å². The van der Waals surface area contributed by atoms with Gasteiger partial charge in [0.25, 0.3) is 0 Å². The fraction of sp³-hybridized carbons (Fsp3) is 0.467. The van der Waals surface area contributed by atoms with E-state index >= 15 is 0 Å². The largest absolute Gasteiger partial charge is 0.495 e.